The maximum Gasteiger partial charge on any atom is 0.319 e. The second-order valence-electron chi connectivity index (χ2n) is 9.43. The molecule has 0 spiro atoms. The fourth-order valence-electron chi connectivity index (χ4n) is 5.56. The van der Waals surface area contributed by atoms with E-state index >= 15 is 0 Å². The van der Waals surface area contributed by atoms with E-state index in [-0.39, 0.29) is 23.8 Å². The third-order valence-corrected chi connectivity index (χ3v) is 9.10. The SMILES string of the molecule is CC=C(C1CC2c3[nH]c4ccccc4c3CCN2C(=O)C1C(=O)OCC)[Si](C)(C)C. The van der Waals surface area contributed by atoms with E-state index in [1.54, 1.807) is 6.92 Å². The standard InChI is InChI=1S/C24H32N2O3Si/c1-6-20(30(3,4)5)17-14-19-22-16(15-10-8-9-11-18(15)25-22)12-13-26(19)23(27)21(17)24(28)29-7-2/h6,8-11,17,19,21,25H,7,12-14H2,1-5H3. The third kappa shape index (κ3) is 3.31. The highest BCUT2D eigenvalue weighted by atomic mass is 28.3. The molecule has 0 bridgehead atoms. The fraction of sp³-hybridized carbons (Fsp3) is 0.500. The predicted molar refractivity (Wildman–Crippen MR) is 122 cm³/mol. The normalized spacial score (nSPS) is 24.6. The number of hydrogen-bond donors (Lipinski definition) is 1. The van der Waals surface area contributed by atoms with Gasteiger partial charge in [-0.1, -0.05) is 49.1 Å². The van der Waals surface area contributed by atoms with Crippen molar-refractivity contribution in [2.75, 3.05) is 13.2 Å². The van der Waals surface area contributed by atoms with Crippen LogP contribution < -0.4 is 0 Å². The lowest BCUT2D eigenvalue weighted by Crippen LogP contribution is -2.54. The number of benzene rings is 1. The zero-order valence-corrected chi connectivity index (χ0v) is 19.6. The van der Waals surface area contributed by atoms with Gasteiger partial charge < -0.3 is 14.6 Å². The number of allylic oxidation sites excluding steroid dienone is 2. The van der Waals surface area contributed by atoms with Crippen LogP contribution in [0, 0.1) is 11.8 Å². The zero-order chi connectivity index (χ0) is 21.6. The predicted octanol–water partition coefficient (Wildman–Crippen LogP) is 4.62. The Morgan fingerprint density at radius 2 is 2.03 bits per heavy atom. The van der Waals surface area contributed by atoms with E-state index < -0.39 is 14.0 Å². The van der Waals surface area contributed by atoms with Gasteiger partial charge in [-0.3, -0.25) is 9.59 Å². The molecular weight excluding hydrogens is 392 g/mol. The van der Waals surface area contributed by atoms with E-state index in [9.17, 15) is 9.59 Å². The van der Waals surface area contributed by atoms with Gasteiger partial charge in [-0.2, -0.15) is 0 Å². The Kier molecular flexibility index (Phi) is 5.39. The quantitative estimate of drug-likeness (QED) is 0.443. The minimum atomic E-state index is -1.72. The average Bonchev–Trinajstić information content (AvgIpc) is 3.07. The number of aromatic amines is 1. The number of aromatic nitrogens is 1. The summed E-state index contributed by atoms with van der Waals surface area (Å²) < 4.78 is 5.38. The number of rotatable bonds is 4. The van der Waals surface area contributed by atoms with Crippen molar-refractivity contribution >= 4 is 30.9 Å². The topological polar surface area (TPSA) is 62.4 Å². The number of carbonyl (C=O) groups excluding carboxylic acids is 2. The summed E-state index contributed by atoms with van der Waals surface area (Å²) in [6.07, 6.45) is 3.73. The number of para-hydroxylation sites is 1. The molecule has 2 aromatic rings. The monoisotopic (exact) mass is 424 g/mol. The van der Waals surface area contributed by atoms with E-state index in [2.05, 4.69) is 48.9 Å². The van der Waals surface area contributed by atoms with Gasteiger partial charge in [0.05, 0.1) is 20.7 Å². The zero-order valence-electron chi connectivity index (χ0n) is 18.6. The number of piperidine rings is 1. The molecule has 1 aromatic carbocycles. The van der Waals surface area contributed by atoms with E-state index in [0.29, 0.717) is 13.2 Å². The molecule has 160 valence electrons. The van der Waals surface area contributed by atoms with Crippen LogP contribution in [-0.4, -0.2) is 43.0 Å². The van der Waals surface area contributed by atoms with Crippen LogP contribution in [0.2, 0.25) is 19.6 Å². The Balaban J connectivity index is 1.81. The molecule has 1 N–H and O–H groups in total. The number of esters is 1. The van der Waals surface area contributed by atoms with Gasteiger partial charge in [-0.05, 0) is 38.3 Å². The fourth-order valence-corrected chi connectivity index (χ4v) is 7.82. The van der Waals surface area contributed by atoms with Gasteiger partial charge in [0.25, 0.3) is 0 Å². The number of hydrogen-bond acceptors (Lipinski definition) is 3. The summed E-state index contributed by atoms with van der Waals surface area (Å²) in [7, 11) is -1.72. The summed E-state index contributed by atoms with van der Waals surface area (Å²) in [6.45, 7) is 11.7. The van der Waals surface area contributed by atoms with Crippen molar-refractivity contribution in [1.82, 2.24) is 9.88 Å². The number of H-pyrrole nitrogens is 1. The molecule has 1 saturated heterocycles. The molecule has 3 atom stereocenters. The lowest BCUT2D eigenvalue weighted by atomic mass is 9.77. The van der Waals surface area contributed by atoms with E-state index in [0.717, 1.165) is 24.1 Å². The first-order valence-electron chi connectivity index (χ1n) is 11.0. The molecule has 2 aliphatic rings. The molecule has 3 heterocycles. The minimum absolute atomic E-state index is 0.0179. The summed E-state index contributed by atoms with van der Waals surface area (Å²) in [5.41, 5.74) is 3.59. The van der Waals surface area contributed by atoms with E-state index in [1.807, 2.05) is 17.9 Å². The number of fused-ring (bicyclic) bond motifs is 5. The summed E-state index contributed by atoms with van der Waals surface area (Å²) >= 11 is 0. The molecular formula is C24H32N2O3Si. The highest BCUT2D eigenvalue weighted by Crippen LogP contribution is 2.47. The van der Waals surface area contributed by atoms with Crippen molar-refractivity contribution in [3.8, 4) is 0 Å². The van der Waals surface area contributed by atoms with Crippen molar-refractivity contribution in [3.63, 3.8) is 0 Å². The number of ether oxygens (including phenoxy) is 1. The minimum Gasteiger partial charge on any atom is -0.465 e. The van der Waals surface area contributed by atoms with Crippen LogP contribution in [0.1, 0.15) is 37.6 Å². The molecule has 1 fully saturated rings. The summed E-state index contributed by atoms with van der Waals surface area (Å²) in [6, 6.07) is 8.34. The second kappa shape index (κ2) is 7.73. The first kappa shape index (κ1) is 20.9. The van der Waals surface area contributed by atoms with Gasteiger partial charge >= 0.3 is 5.97 Å². The first-order valence-corrected chi connectivity index (χ1v) is 14.5. The van der Waals surface area contributed by atoms with Crippen LogP contribution in [0.3, 0.4) is 0 Å². The highest BCUT2D eigenvalue weighted by molar-refractivity contribution is 6.83. The van der Waals surface area contributed by atoms with Crippen LogP contribution in [0.25, 0.3) is 10.9 Å². The largest absolute Gasteiger partial charge is 0.465 e. The maximum atomic E-state index is 13.7. The molecule has 0 aliphatic carbocycles. The van der Waals surface area contributed by atoms with Gasteiger partial charge in [0.2, 0.25) is 5.91 Å². The molecule has 0 saturated carbocycles. The Labute approximate surface area is 179 Å². The van der Waals surface area contributed by atoms with Gasteiger partial charge in [-0.25, -0.2) is 0 Å². The molecule has 1 aromatic heterocycles. The van der Waals surface area contributed by atoms with Crippen LogP contribution >= 0.6 is 0 Å². The van der Waals surface area contributed by atoms with E-state index in [1.165, 1.54) is 16.1 Å². The van der Waals surface area contributed by atoms with Crippen LogP contribution in [-0.2, 0) is 20.7 Å². The lowest BCUT2D eigenvalue weighted by molar-refractivity contribution is -0.162. The van der Waals surface area contributed by atoms with Crippen molar-refractivity contribution < 1.29 is 14.3 Å². The Morgan fingerprint density at radius 1 is 1.30 bits per heavy atom. The van der Waals surface area contributed by atoms with Gasteiger partial charge in [0.1, 0.15) is 5.92 Å². The Hall–Kier alpha value is -2.34. The third-order valence-electron chi connectivity index (χ3n) is 6.70. The van der Waals surface area contributed by atoms with Crippen LogP contribution in [0.15, 0.2) is 35.5 Å². The maximum absolute atomic E-state index is 13.7. The smallest absolute Gasteiger partial charge is 0.319 e. The van der Waals surface area contributed by atoms with E-state index in [4.69, 9.17) is 4.74 Å². The molecule has 1 amide bonds. The van der Waals surface area contributed by atoms with Gasteiger partial charge in [0, 0.05) is 29.1 Å². The van der Waals surface area contributed by atoms with Gasteiger partial charge in [-0.15, -0.1) is 0 Å². The molecule has 30 heavy (non-hydrogen) atoms. The van der Waals surface area contributed by atoms with Crippen molar-refractivity contribution in [2.24, 2.45) is 11.8 Å². The van der Waals surface area contributed by atoms with Crippen molar-refractivity contribution in [1.29, 1.82) is 0 Å². The summed E-state index contributed by atoms with van der Waals surface area (Å²) in [5.74, 6) is -1.28. The van der Waals surface area contributed by atoms with Crippen LogP contribution in [0.5, 0.6) is 0 Å². The summed E-state index contributed by atoms with van der Waals surface area (Å²) in [4.78, 5) is 32.1. The summed E-state index contributed by atoms with van der Waals surface area (Å²) in [5, 5.41) is 2.54. The molecule has 0 radical (unpaired) electrons. The lowest BCUT2D eigenvalue weighted by Gasteiger charge is -2.47. The van der Waals surface area contributed by atoms with Gasteiger partial charge in [0.15, 0.2) is 0 Å². The highest BCUT2D eigenvalue weighted by Gasteiger charge is 2.51. The Bertz CT molecular complexity index is 1020. The molecule has 6 heteroatoms. The number of nitrogens with one attached hydrogen (secondary N) is 1. The average molecular weight is 425 g/mol. The first-order chi connectivity index (χ1) is 14.3. The molecule has 2 aliphatic heterocycles. The number of nitrogens with zero attached hydrogens (tertiary/aromatic N) is 1. The molecule has 5 nitrogen and oxygen atoms in total. The second-order valence-corrected chi connectivity index (χ2v) is 14.5. The Morgan fingerprint density at radius 3 is 2.70 bits per heavy atom. The van der Waals surface area contributed by atoms with Crippen molar-refractivity contribution in [3.05, 3.63) is 46.8 Å². The van der Waals surface area contributed by atoms with Crippen molar-refractivity contribution in [2.45, 2.75) is 52.4 Å². The number of carbonyl (C=O) groups is 2. The molecule has 4 rings (SSSR count). The van der Waals surface area contributed by atoms with Crippen LogP contribution in [0.4, 0.5) is 0 Å². The molecule has 3 unspecified atom stereocenters. The number of amides is 1.